The number of halogens is 1. The lowest BCUT2D eigenvalue weighted by molar-refractivity contribution is -0.136. The zero-order valence-corrected chi connectivity index (χ0v) is 11.8. The van der Waals surface area contributed by atoms with Crippen molar-refractivity contribution in [3.63, 3.8) is 0 Å². The normalized spacial score (nSPS) is 11.5. The van der Waals surface area contributed by atoms with Gasteiger partial charge in [-0.3, -0.25) is 14.4 Å². The Morgan fingerprint density at radius 1 is 1.11 bits per heavy atom. The van der Waals surface area contributed by atoms with Crippen molar-refractivity contribution in [1.82, 2.24) is 0 Å². The van der Waals surface area contributed by atoms with Gasteiger partial charge in [0.2, 0.25) is 0 Å². The van der Waals surface area contributed by atoms with Gasteiger partial charge < -0.3 is 14.6 Å². The number of carbonyl (C=O) groups excluding carboxylic acids is 2. The maximum Gasteiger partial charge on any atom is 0.321 e. The van der Waals surface area contributed by atoms with Crippen LogP contribution in [0.4, 0.5) is 0 Å². The molecule has 0 aromatic heterocycles. The van der Waals surface area contributed by atoms with Gasteiger partial charge in [-0.2, -0.15) is 0 Å². The van der Waals surface area contributed by atoms with E-state index in [0.29, 0.717) is 5.56 Å². The number of esters is 2. The van der Waals surface area contributed by atoms with Crippen LogP contribution in [-0.2, 0) is 14.4 Å². The van der Waals surface area contributed by atoms with Gasteiger partial charge in [0.1, 0.15) is 4.83 Å². The Morgan fingerprint density at radius 2 is 1.63 bits per heavy atom. The van der Waals surface area contributed by atoms with Crippen LogP contribution in [0.1, 0.15) is 24.2 Å². The predicted octanol–water partition coefficient (Wildman–Crippen LogP) is 2.06. The van der Waals surface area contributed by atoms with Crippen LogP contribution in [0.15, 0.2) is 18.2 Å². The van der Waals surface area contributed by atoms with Gasteiger partial charge in [0, 0.05) is 13.8 Å². The van der Waals surface area contributed by atoms with E-state index in [4.69, 9.17) is 14.6 Å². The van der Waals surface area contributed by atoms with E-state index in [2.05, 4.69) is 15.9 Å². The molecule has 0 aliphatic heterocycles. The molecule has 1 unspecified atom stereocenters. The lowest BCUT2D eigenvalue weighted by Gasteiger charge is -2.11. The van der Waals surface area contributed by atoms with Crippen LogP contribution in [0.5, 0.6) is 11.5 Å². The fourth-order valence-electron chi connectivity index (χ4n) is 1.30. The molecule has 0 aliphatic carbocycles. The number of aliphatic carboxylic acids is 1. The molecule has 1 atom stereocenters. The van der Waals surface area contributed by atoms with Gasteiger partial charge in [0.05, 0.1) is 0 Å². The summed E-state index contributed by atoms with van der Waals surface area (Å²) in [6.07, 6.45) is 0. The van der Waals surface area contributed by atoms with Crippen molar-refractivity contribution in [2.75, 3.05) is 0 Å². The van der Waals surface area contributed by atoms with Crippen LogP contribution in [0.3, 0.4) is 0 Å². The Morgan fingerprint density at radius 3 is 2.11 bits per heavy atom. The molecule has 0 aliphatic rings. The maximum atomic E-state index is 11.0. The van der Waals surface area contributed by atoms with Crippen molar-refractivity contribution < 1.29 is 29.0 Å². The number of ether oxygens (including phenoxy) is 2. The number of hydrogen-bond acceptors (Lipinski definition) is 5. The summed E-state index contributed by atoms with van der Waals surface area (Å²) in [5.41, 5.74) is 0.361. The SMILES string of the molecule is CC(=O)Oc1ccc(C(Br)C(=O)O)cc1OC(C)=O. The third-order valence-electron chi connectivity index (χ3n) is 1.98. The zero-order chi connectivity index (χ0) is 14.6. The van der Waals surface area contributed by atoms with Gasteiger partial charge >= 0.3 is 17.9 Å². The van der Waals surface area contributed by atoms with Crippen molar-refractivity contribution in [3.05, 3.63) is 23.8 Å². The quantitative estimate of drug-likeness (QED) is 0.516. The van der Waals surface area contributed by atoms with Gasteiger partial charge in [-0.05, 0) is 17.7 Å². The molecule has 0 fully saturated rings. The molecule has 1 N–H and O–H groups in total. The third-order valence-corrected chi connectivity index (χ3v) is 2.90. The van der Waals surface area contributed by atoms with Crippen LogP contribution in [0.25, 0.3) is 0 Å². The predicted molar refractivity (Wildman–Crippen MR) is 68.4 cm³/mol. The average molecular weight is 331 g/mol. The largest absolute Gasteiger partial charge is 0.480 e. The monoisotopic (exact) mass is 330 g/mol. The van der Waals surface area contributed by atoms with E-state index in [1.54, 1.807) is 0 Å². The van der Waals surface area contributed by atoms with E-state index in [9.17, 15) is 14.4 Å². The van der Waals surface area contributed by atoms with E-state index < -0.39 is 22.7 Å². The number of carboxylic acids is 1. The lowest BCUT2D eigenvalue weighted by Crippen LogP contribution is -2.09. The molecule has 0 heterocycles. The van der Waals surface area contributed by atoms with Gasteiger partial charge in [-0.15, -0.1) is 0 Å². The highest BCUT2D eigenvalue weighted by atomic mass is 79.9. The second-order valence-corrected chi connectivity index (χ2v) is 4.51. The lowest BCUT2D eigenvalue weighted by atomic mass is 10.1. The Balaban J connectivity index is 3.17. The van der Waals surface area contributed by atoms with Crippen LogP contribution in [0, 0.1) is 0 Å². The van der Waals surface area contributed by atoms with Crippen molar-refractivity contribution in [3.8, 4) is 11.5 Å². The van der Waals surface area contributed by atoms with Gasteiger partial charge in [0.25, 0.3) is 0 Å². The molecule has 102 valence electrons. The Bertz CT molecular complexity index is 525. The molecule has 0 saturated heterocycles. The van der Waals surface area contributed by atoms with E-state index in [-0.39, 0.29) is 11.5 Å². The van der Waals surface area contributed by atoms with Crippen LogP contribution >= 0.6 is 15.9 Å². The van der Waals surface area contributed by atoms with Crippen molar-refractivity contribution in [1.29, 1.82) is 0 Å². The summed E-state index contributed by atoms with van der Waals surface area (Å²) in [4.78, 5) is 31.8. The van der Waals surface area contributed by atoms with Gasteiger partial charge in [0.15, 0.2) is 11.5 Å². The number of hydrogen-bond donors (Lipinski definition) is 1. The molecule has 0 radical (unpaired) electrons. The molecule has 0 bridgehead atoms. The first-order valence-corrected chi connectivity index (χ1v) is 6.10. The summed E-state index contributed by atoms with van der Waals surface area (Å²) in [7, 11) is 0. The number of benzene rings is 1. The minimum absolute atomic E-state index is 0.00843. The number of carboxylic acid groups (broad SMARTS) is 1. The summed E-state index contributed by atoms with van der Waals surface area (Å²) in [5.74, 6) is -2.22. The Hall–Kier alpha value is -1.89. The molecular formula is C12H11BrO6. The maximum absolute atomic E-state index is 11.0. The highest BCUT2D eigenvalue weighted by Crippen LogP contribution is 2.33. The molecule has 1 rings (SSSR count). The molecule has 0 amide bonds. The highest BCUT2D eigenvalue weighted by Gasteiger charge is 2.19. The van der Waals surface area contributed by atoms with Crippen LogP contribution in [-0.4, -0.2) is 23.0 Å². The first-order chi connectivity index (χ1) is 8.81. The van der Waals surface area contributed by atoms with Crippen molar-refractivity contribution in [2.24, 2.45) is 0 Å². The number of alkyl halides is 1. The smallest absolute Gasteiger partial charge is 0.321 e. The summed E-state index contributed by atoms with van der Waals surface area (Å²) in [5, 5.41) is 8.88. The molecule has 19 heavy (non-hydrogen) atoms. The number of rotatable bonds is 4. The Kier molecular flexibility index (Phi) is 5.05. The molecule has 6 nitrogen and oxygen atoms in total. The molecule has 0 saturated carbocycles. The molecule has 1 aromatic rings. The van der Waals surface area contributed by atoms with E-state index in [1.165, 1.54) is 32.0 Å². The van der Waals surface area contributed by atoms with E-state index in [1.807, 2.05) is 0 Å². The van der Waals surface area contributed by atoms with Crippen LogP contribution in [0.2, 0.25) is 0 Å². The zero-order valence-electron chi connectivity index (χ0n) is 10.2. The minimum Gasteiger partial charge on any atom is -0.480 e. The first kappa shape index (κ1) is 15.2. The molecule has 1 aromatic carbocycles. The fraction of sp³-hybridized carbons (Fsp3) is 0.250. The molecule has 7 heteroatoms. The highest BCUT2D eigenvalue weighted by molar-refractivity contribution is 9.09. The Labute approximate surface area is 117 Å². The van der Waals surface area contributed by atoms with Gasteiger partial charge in [-0.25, -0.2) is 0 Å². The second kappa shape index (κ2) is 6.33. The topological polar surface area (TPSA) is 89.9 Å². The molecule has 0 spiro atoms. The number of carbonyl (C=O) groups is 3. The van der Waals surface area contributed by atoms with Crippen molar-refractivity contribution in [2.45, 2.75) is 18.7 Å². The average Bonchev–Trinajstić information content (AvgIpc) is 2.29. The summed E-state index contributed by atoms with van der Waals surface area (Å²) in [6.45, 7) is 2.39. The fourth-order valence-corrected chi connectivity index (χ4v) is 1.58. The van der Waals surface area contributed by atoms with Crippen LogP contribution < -0.4 is 9.47 Å². The van der Waals surface area contributed by atoms with Crippen molar-refractivity contribution >= 4 is 33.8 Å². The molecular weight excluding hydrogens is 320 g/mol. The van der Waals surface area contributed by atoms with E-state index in [0.717, 1.165) is 0 Å². The van der Waals surface area contributed by atoms with E-state index >= 15 is 0 Å². The first-order valence-electron chi connectivity index (χ1n) is 5.19. The third kappa shape index (κ3) is 4.36. The summed E-state index contributed by atoms with van der Waals surface area (Å²) < 4.78 is 9.75. The summed E-state index contributed by atoms with van der Waals surface area (Å²) >= 11 is 2.98. The minimum atomic E-state index is -1.09. The standard InChI is InChI=1S/C12H11BrO6/c1-6(14)18-9-4-3-8(11(13)12(16)17)5-10(9)19-7(2)15/h3-5,11H,1-2H3,(H,16,17). The summed E-state index contributed by atoms with van der Waals surface area (Å²) in [6, 6.07) is 4.15. The second-order valence-electron chi connectivity index (χ2n) is 3.59. The van der Waals surface area contributed by atoms with Gasteiger partial charge in [-0.1, -0.05) is 22.0 Å².